The van der Waals surface area contributed by atoms with Gasteiger partial charge in [-0.2, -0.15) is 0 Å². The lowest BCUT2D eigenvalue weighted by Gasteiger charge is -2.25. The molecule has 2 unspecified atom stereocenters. The van der Waals surface area contributed by atoms with Crippen molar-refractivity contribution in [3.8, 4) is 0 Å². The Morgan fingerprint density at radius 1 is 0.433 bits per heavy atom. The summed E-state index contributed by atoms with van der Waals surface area (Å²) < 4.78 is 30.9. The van der Waals surface area contributed by atoms with Crippen LogP contribution in [0, 0.1) is 0 Å². The first-order valence-electron chi connectivity index (χ1n) is 25.8. The lowest BCUT2D eigenvalue weighted by molar-refractivity contribution is -0.197. The summed E-state index contributed by atoms with van der Waals surface area (Å²) >= 11 is 0. The smallest absolute Gasteiger partial charge is 0.309 e. The van der Waals surface area contributed by atoms with E-state index >= 15 is 0 Å². The number of ether oxygens (including phenoxy) is 5. The summed E-state index contributed by atoms with van der Waals surface area (Å²) in [5, 5.41) is 0. The van der Waals surface area contributed by atoms with Crippen LogP contribution in [0.3, 0.4) is 0 Å². The number of nitrogens with zero attached hydrogens (tertiary/aromatic N) is 2. The molecule has 0 aromatic heterocycles. The standard InChI is InChI=1S/C51H100N2O7/c1-7-9-11-13-15-17-19-21-23-25-27-29-31-33-35-37-43-56-49-46(45-58-47(54)39-41-52(3)4)59-51(60-48(55)40-42-53(5)6)50(49)57-44-38-36-34-32-30-28-26-24-22-20-18-16-14-12-10-8-2/h46,49-51H,7-45H2,1-6H3/t46-,49?,50?,51+/m1/s1. The first-order valence-corrected chi connectivity index (χ1v) is 25.8. The molecule has 4 atom stereocenters. The molecule has 0 spiro atoms. The van der Waals surface area contributed by atoms with Gasteiger partial charge in [0.1, 0.15) is 24.9 Å². The molecule has 1 heterocycles. The van der Waals surface area contributed by atoms with E-state index in [2.05, 4.69) is 13.8 Å². The second-order valence-corrected chi connectivity index (χ2v) is 18.6. The van der Waals surface area contributed by atoms with E-state index < -0.39 is 24.6 Å². The lowest BCUT2D eigenvalue weighted by atomic mass is 10.0. The Labute approximate surface area is 371 Å². The van der Waals surface area contributed by atoms with E-state index in [-0.39, 0.29) is 25.0 Å². The summed E-state index contributed by atoms with van der Waals surface area (Å²) in [4.78, 5) is 29.4. The van der Waals surface area contributed by atoms with Gasteiger partial charge in [-0.25, -0.2) is 0 Å². The van der Waals surface area contributed by atoms with Crippen molar-refractivity contribution in [1.82, 2.24) is 9.80 Å². The quantitative estimate of drug-likeness (QED) is 0.0439. The minimum atomic E-state index is -0.901. The van der Waals surface area contributed by atoms with E-state index in [1.807, 2.05) is 38.0 Å². The molecule has 0 saturated carbocycles. The Morgan fingerprint density at radius 2 is 0.750 bits per heavy atom. The van der Waals surface area contributed by atoms with Gasteiger partial charge >= 0.3 is 11.9 Å². The van der Waals surface area contributed by atoms with Crippen LogP contribution in [0.4, 0.5) is 0 Å². The van der Waals surface area contributed by atoms with Crippen LogP contribution in [0.25, 0.3) is 0 Å². The predicted molar refractivity (Wildman–Crippen MR) is 251 cm³/mol. The van der Waals surface area contributed by atoms with Crippen molar-refractivity contribution < 1.29 is 33.3 Å². The van der Waals surface area contributed by atoms with E-state index in [1.165, 1.54) is 180 Å². The highest BCUT2D eigenvalue weighted by Gasteiger charge is 2.49. The van der Waals surface area contributed by atoms with Crippen molar-refractivity contribution in [2.75, 3.05) is 61.1 Å². The Kier molecular flexibility index (Phi) is 39.5. The monoisotopic (exact) mass is 853 g/mol. The molecular weight excluding hydrogens is 753 g/mol. The van der Waals surface area contributed by atoms with Crippen LogP contribution in [0.2, 0.25) is 0 Å². The second kappa shape index (κ2) is 41.7. The van der Waals surface area contributed by atoms with E-state index in [0.717, 1.165) is 25.7 Å². The van der Waals surface area contributed by atoms with Gasteiger partial charge in [0.05, 0.1) is 12.8 Å². The summed E-state index contributed by atoms with van der Waals surface area (Å²) in [6, 6.07) is 0. The molecule has 1 aliphatic heterocycles. The Hall–Kier alpha value is -1.26. The number of carbonyl (C=O) groups is 2. The third-order valence-electron chi connectivity index (χ3n) is 12.1. The van der Waals surface area contributed by atoms with Gasteiger partial charge in [0.2, 0.25) is 6.29 Å². The minimum Gasteiger partial charge on any atom is -0.463 e. The van der Waals surface area contributed by atoms with Gasteiger partial charge in [0.15, 0.2) is 0 Å². The van der Waals surface area contributed by atoms with Crippen molar-refractivity contribution in [3.05, 3.63) is 0 Å². The van der Waals surface area contributed by atoms with Crippen LogP contribution in [0.15, 0.2) is 0 Å². The largest absolute Gasteiger partial charge is 0.463 e. The van der Waals surface area contributed by atoms with E-state index in [1.54, 1.807) is 0 Å². The maximum absolute atomic E-state index is 12.9. The second-order valence-electron chi connectivity index (χ2n) is 18.6. The highest BCUT2D eigenvalue weighted by atomic mass is 16.7. The van der Waals surface area contributed by atoms with E-state index in [0.29, 0.717) is 32.7 Å². The molecule has 0 aromatic rings. The number of rotatable bonds is 45. The molecule has 0 amide bonds. The maximum atomic E-state index is 12.9. The number of esters is 2. The van der Waals surface area contributed by atoms with Crippen LogP contribution in [-0.4, -0.2) is 107 Å². The van der Waals surface area contributed by atoms with Crippen LogP contribution >= 0.6 is 0 Å². The molecule has 0 radical (unpaired) electrons. The molecule has 0 aliphatic carbocycles. The fourth-order valence-electron chi connectivity index (χ4n) is 8.10. The fourth-order valence-corrected chi connectivity index (χ4v) is 8.10. The van der Waals surface area contributed by atoms with Gasteiger partial charge in [-0.05, 0) is 41.0 Å². The number of hydrogen-bond acceptors (Lipinski definition) is 9. The first-order chi connectivity index (χ1) is 29.3. The number of unbranched alkanes of at least 4 members (excludes halogenated alkanes) is 30. The van der Waals surface area contributed by atoms with Crippen molar-refractivity contribution in [3.63, 3.8) is 0 Å². The minimum absolute atomic E-state index is 0.0422. The third kappa shape index (κ3) is 34.3. The van der Waals surface area contributed by atoms with Gasteiger partial charge in [-0.3, -0.25) is 9.59 Å². The molecule has 60 heavy (non-hydrogen) atoms. The van der Waals surface area contributed by atoms with E-state index in [9.17, 15) is 9.59 Å². The Morgan fingerprint density at radius 3 is 1.10 bits per heavy atom. The van der Waals surface area contributed by atoms with Crippen molar-refractivity contribution >= 4 is 11.9 Å². The van der Waals surface area contributed by atoms with Crippen LogP contribution in [0.1, 0.15) is 232 Å². The van der Waals surface area contributed by atoms with Crippen LogP contribution in [-0.2, 0) is 33.3 Å². The fraction of sp³-hybridized carbons (Fsp3) is 0.961. The van der Waals surface area contributed by atoms with Gasteiger partial charge < -0.3 is 33.5 Å². The maximum Gasteiger partial charge on any atom is 0.309 e. The molecule has 356 valence electrons. The molecule has 9 nitrogen and oxygen atoms in total. The number of carbonyl (C=O) groups excluding carboxylic acids is 2. The zero-order chi connectivity index (χ0) is 43.7. The summed E-state index contributed by atoms with van der Waals surface area (Å²) in [6.07, 6.45) is 40.2. The van der Waals surface area contributed by atoms with Crippen LogP contribution in [0.5, 0.6) is 0 Å². The lowest BCUT2D eigenvalue weighted by Crippen LogP contribution is -2.41. The van der Waals surface area contributed by atoms with Gasteiger partial charge in [-0.1, -0.05) is 206 Å². The van der Waals surface area contributed by atoms with Gasteiger partial charge in [0, 0.05) is 26.3 Å². The topological polar surface area (TPSA) is 86.8 Å². The molecule has 1 saturated heterocycles. The summed E-state index contributed by atoms with van der Waals surface area (Å²) in [5.74, 6) is -0.606. The summed E-state index contributed by atoms with van der Waals surface area (Å²) in [7, 11) is 7.75. The Bertz CT molecular complexity index is 950. The number of hydrogen-bond donors (Lipinski definition) is 0. The van der Waals surface area contributed by atoms with Gasteiger partial charge in [-0.15, -0.1) is 0 Å². The molecule has 0 aromatic carbocycles. The summed E-state index contributed by atoms with van der Waals surface area (Å²) in [6.45, 7) is 6.92. The van der Waals surface area contributed by atoms with Crippen molar-refractivity contribution in [2.24, 2.45) is 0 Å². The first kappa shape index (κ1) is 56.8. The normalized spacial score (nSPS) is 17.9. The molecular formula is C51H100N2O7. The molecule has 0 bridgehead atoms. The third-order valence-corrected chi connectivity index (χ3v) is 12.1. The van der Waals surface area contributed by atoms with Crippen molar-refractivity contribution in [1.29, 1.82) is 0 Å². The molecule has 9 heteroatoms. The van der Waals surface area contributed by atoms with E-state index in [4.69, 9.17) is 23.7 Å². The predicted octanol–water partition coefficient (Wildman–Crippen LogP) is 13.0. The Balaban J connectivity index is 2.54. The summed E-state index contributed by atoms with van der Waals surface area (Å²) in [5.41, 5.74) is 0. The van der Waals surface area contributed by atoms with Gasteiger partial charge in [0.25, 0.3) is 0 Å². The molecule has 0 N–H and O–H groups in total. The highest BCUT2D eigenvalue weighted by Crippen LogP contribution is 2.29. The van der Waals surface area contributed by atoms with Crippen LogP contribution < -0.4 is 0 Å². The highest BCUT2D eigenvalue weighted by molar-refractivity contribution is 5.70. The molecule has 1 rings (SSSR count). The van der Waals surface area contributed by atoms with Crippen molar-refractivity contribution in [2.45, 2.75) is 257 Å². The average Bonchev–Trinajstić information content (AvgIpc) is 3.55. The average molecular weight is 853 g/mol. The zero-order valence-corrected chi connectivity index (χ0v) is 40.6. The SMILES string of the molecule is CCCCCCCCCCCCCCCCCCOC1C(OCCCCCCCCCCCCCCCCCC)[C@@H](COC(=O)CCN(C)C)O[C@H]1OC(=O)CCN(C)C. The molecule has 1 aliphatic rings. The molecule has 1 fully saturated rings. The zero-order valence-electron chi connectivity index (χ0n) is 40.6.